The highest BCUT2D eigenvalue weighted by Crippen LogP contribution is 2.27. The van der Waals surface area contributed by atoms with Gasteiger partial charge in [-0.15, -0.1) is 5.10 Å². The van der Waals surface area contributed by atoms with E-state index in [0.717, 1.165) is 55.5 Å². The van der Waals surface area contributed by atoms with E-state index in [-0.39, 0.29) is 17.7 Å². The van der Waals surface area contributed by atoms with E-state index >= 15 is 0 Å². The van der Waals surface area contributed by atoms with Gasteiger partial charge in [-0.05, 0) is 43.9 Å². The molecule has 3 aromatic heterocycles. The van der Waals surface area contributed by atoms with E-state index in [4.69, 9.17) is 0 Å². The summed E-state index contributed by atoms with van der Waals surface area (Å²) in [7, 11) is 3.54. The van der Waals surface area contributed by atoms with E-state index in [0.29, 0.717) is 11.5 Å². The molecule has 4 rings (SSSR count). The molecule has 0 aliphatic heterocycles. The predicted octanol–water partition coefficient (Wildman–Crippen LogP) is 2.63. The number of carbonyl (C=O) groups excluding carboxylic acids is 2. The van der Waals surface area contributed by atoms with Crippen LogP contribution in [0.4, 0.5) is 5.82 Å². The molecule has 1 fully saturated rings. The van der Waals surface area contributed by atoms with Crippen LogP contribution in [0.3, 0.4) is 0 Å². The molecule has 10 nitrogen and oxygen atoms in total. The van der Waals surface area contributed by atoms with Crippen LogP contribution in [0.15, 0.2) is 30.6 Å². The molecular formula is C23H30N8O2. The maximum absolute atomic E-state index is 13.3. The van der Waals surface area contributed by atoms with Crippen LogP contribution in [-0.4, -0.2) is 47.6 Å². The average Bonchev–Trinajstić information content (AvgIpc) is 3.26. The fourth-order valence-electron chi connectivity index (χ4n) is 4.52. The van der Waals surface area contributed by atoms with Gasteiger partial charge in [0.05, 0.1) is 11.4 Å². The van der Waals surface area contributed by atoms with E-state index < -0.39 is 6.04 Å². The molecule has 1 atom stereocenters. The third kappa shape index (κ3) is 5.10. The predicted molar refractivity (Wildman–Crippen MR) is 123 cm³/mol. The molecule has 174 valence electrons. The summed E-state index contributed by atoms with van der Waals surface area (Å²) in [6.45, 7) is 1.89. The molecular weight excluding hydrogens is 420 g/mol. The Hall–Kier alpha value is -3.56. The van der Waals surface area contributed by atoms with Gasteiger partial charge >= 0.3 is 0 Å². The molecule has 2 N–H and O–H groups in total. The number of pyridine rings is 1. The van der Waals surface area contributed by atoms with E-state index in [1.807, 2.05) is 20.0 Å². The van der Waals surface area contributed by atoms with Gasteiger partial charge in [-0.2, -0.15) is 5.10 Å². The molecule has 3 aromatic rings. The monoisotopic (exact) mass is 450 g/mol. The van der Waals surface area contributed by atoms with Gasteiger partial charge in [0.1, 0.15) is 17.6 Å². The minimum Gasteiger partial charge on any atom is -0.339 e. The van der Waals surface area contributed by atoms with Gasteiger partial charge in [-0.3, -0.25) is 14.3 Å². The Kier molecular flexibility index (Phi) is 6.81. The molecule has 0 bridgehead atoms. The van der Waals surface area contributed by atoms with Crippen LogP contribution < -0.4 is 10.6 Å². The third-order valence-electron chi connectivity index (χ3n) is 6.28. The minimum absolute atomic E-state index is 0.0760. The third-order valence-corrected chi connectivity index (χ3v) is 6.28. The van der Waals surface area contributed by atoms with Gasteiger partial charge < -0.3 is 10.6 Å². The fraction of sp³-hybridized carbons (Fsp3) is 0.478. The zero-order valence-electron chi connectivity index (χ0n) is 19.3. The second-order valence-electron chi connectivity index (χ2n) is 8.61. The quantitative estimate of drug-likeness (QED) is 0.557. The van der Waals surface area contributed by atoms with Gasteiger partial charge in [0.15, 0.2) is 0 Å². The van der Waals surface area contributed by atoms with Crippen molar-refractivity contribution in [2.24, 2.45) is 20.0 Å². The number of anilines is 1. The largest absolute Gasteiger partial charge is 0.339 e. The van der Waals surface area contributed by atoms with Crippen LogP contribution in [0.5, 0.6) is 0 Å². The summed E-state index contributed by atoms with van der Waals surface area (Å²) in [5.41, 5.74) is 2.97. The van der Waals surface area contributed by atoms with Crippen molar-refractivity contribution < 1.29 is 9.59 Å². The molecule has 1 unspecified atom stereocenters. The molecule has 0 radical (unpaired) electrons. The topological polar surface area (TPSA) is 120 Å². The number of carbonyl (C=O) groups is 2. The lowest BCUT2D eigenvalue weighted by Gasteiger charge is -2.26. The molecule has 0 saturated heterocycles. The Bertz CT molecular complexity index is 1090. The summed E-state index contributed by atoms with van der Waals surface area (Å²) in [4.78, 5) is 30.6. The first-order valence-electron chi connectivity index (χ1n) is 11.4. The number of amides is 2. The van der Waals surface area contributed by atoms with E-state index in [9.17, 15) is 9.59 Å². The molecule has 1 aliphatic carbocycles. The number of hydrogen-bond donors (Lipinski definition) is 2. The number of rotatable bonds is 6. The van der Waals surface area contributed by atoms with Crippen LogP contribution in [0, 0.1) is 12.8 Å². The minimum atomic E-state index is -0.643. The number of aryl methyl sites for hydroxylation is 3. The summed E-state index contributed by atoms with van der Waals surface area (Å²) in [6.07, 6.45) is 9.50. The van der Waals surface area contributed by atoms with E-state index in [2.05, 4.69) is 31.0 Å². The molecule has 1 saturated carbocycles. The maximum atomic E-state index is 13.3. The molecule has 2 amide bonds. The van der Waals surface area contributed by atoms with Gasteiger partial charge in [-0.25, -0.2) is 9.67 Å². The Balaban J connectivity index is 1.52. The lowest BCUT2D eigenvalue weighted by Crippen LogP contribution is -2.49. The molecule has 33 heavy (non-hydrogen) atoms. The lowest BCUT2D eigenvalue weighted by atomic mass is 9.91. The Morgan fingerprint density at radius 1 is 1.06 bits per heavy atom. The number of nitrogens with one attached hydrogen (secondary N) is 2. The first-order valence-corrected chi connectivity index (χ1v) is 11.4. The van der Waals surface area contributed by atoms with Crippen LogP contribution in [0.2, 0.25) is 0 Å². The Morgan fingerprint density at radius 2 is 1.82 bits per heavy atom. The van der Waals surface area contributed by atoms with Crippen molar-refractivity contribution >= 4 is 17.6 Å². The molecule has 10 heteroatoms. The Labute approximate surface area is 192 Å². The molecule has 0 spiro atoms. The van der Waals surface area contributed by atoms with Crippen molar-refractivity contribution in [3.05, 3.63) is 42.0 Å². The highest BCUT2D eigenvalue weighted by atomic mass is 16.2. The molecule has 1 aliphatic rings. The van der Waals surface area contributed by atoms with Crippen molar-refractivity contribution in [2.75, 3.05) is 5.32 Å². The smallest absolute Gasteiger partial charge is 0.270 e. The summed E-state index contributed by atoms with van der Waals surface area (Å²) in [5.74, 6) is -0.0463. The number of hydrogen-bond acceptors (Lipinski definition) is 6. The average molecular weight is 451 g/mol. The van der Waals surface area contributed by atoms with Crippen molar-refractivity contribution in [1.29, 1.82) is 0 Å². The van der Waals surface area contributed by atoms with Gasteiger partial charge in [0, 0.05) is 32.1 Å². The van der Waals surface area contributed by atoms with Crippen LogP contribution >= 0.6 is 0 Å². The lowest BCUT2D eigenvalue weighted by molar-refractivity contribution is -0.119. The first kappa shape index (κ1) is 22.6. The van der Waals surface area contributed by atoms with Gasteiger partial charge in [0.2, 0.25) is 5.91 Å². The van der Waals surface area contributed by atoms with Gasteiger partial charge in [0.25, 0.3) is 5.91 Å². The highest BCUT2D eigenvalue weighted by molar-refractivity contribution is 6.00. The van der Waals surface area contributed by atoms with Crippen LogP contribution in [0.25, 0.3) is 11.3 Å². The second-order valence-corrected chi connectivity index (χ2v) is 8.61. The SMILES string of the molecule is Cc1nnn(C)c1-c1ccc(NC(=O)C(NC(=O)c2ccnn2C)C2CCCCCC2)nc1. The highest BCUT2D eigenvalue weighted by Gasteiger charge is 2.31. The summed E-state index contributed by atoms with van der Waals surface area (Å²) < 4.78 is 3.20. The zero-order chi connectivity index (χ0) is 23.4. The van der Waals surface area contributed by atoms with E-state index in [1.165, 1.54) is 4.68 Å². The van der Waals surface area contributed by atoms with Crippen LogP contribution in [-0.2, 0) is 18.9 Å². The number of aromatic nitrogens is 6. The van der Waals surface area contributed by atoms with Crippen molar-refractivity contribution in [3.8, 4) is 11.3 Å². The van der Waals surface area contributed by atoms with E-state index in [1.54, 1.807) is 36.3 Å². The summed E-state index contributed by atoms with van der Waals surface area (Å²) >= 11 is 0. The Morgan fingerprint density at radius 3 is 2.39 bits per heavy atom. The van der Waals surface area contributed by atoms with Crippen LogP contribution in [0.1, 0.15) is 54.7 Å². The standard InChI is InChI=1S/C23H30N8O2/c1-15-21(31(3)29-28-15)17-10-11-19(24-14-17)26-23(33)20(16-8-6-4-5-7-9-16)27-22(32)18-12-13-25-30(18)2/h10-14,16,20H,4-9H2,1-3H3,(H,27,32)(H,24,26,33). The zero-order valence-corrected chi connectivity index (χ0v) is 19.3. The van der Waals surface area contributed by atoms with Gasteiger partial charge in [-0.1, -0.05) is 30.9 Å². The molecule has 3 heterocycles. The summed E-state index contributed by atoms with van der Waals surface area (Å²) in [6, 6.07) is 4.64. The van der Waals surface area contributed by atoms with Crippen molar-refractivity contribution in [3.63, 3.8) is 0 Å². The summed E-state index contributed by atoms with van der Waals surface area (Å²) in [5, 5.41) is 18.0. The van der Waals surface area contributed by atoms with Crippen molar-refractivity contribution in [1.82, 2.24) is 35.1 Å². The first-order chi connectivity index (χ1) is 15.9. The molecule has 0 aromatic carbocycles. The number of nitrogens with zero attached hydrogens (tertiary/aromatic N) is 6. The van der Waals surface area contributed by atoms with Crippen molar-refractivity contribution in [2.45, 2.75) is 51.5 Å². The normalized spacial score (nSPS) is 15.6. The second kappa shape index (κ2) is 9.93. The maximum Gasteiger partial charge on any atom is 0.270 e. The fourth-order valence-corrected chi connectivity index (χ4v) is 4.52.